The topological polar surface area (TPSA) is 60.7 Å². The smallest absolute Gasteiger partial charge is 0.186 e. The van der Waals surface area contributed by atoms with Gasteiger partial charge in [-0.2, -0.15) is 5.10 Å². The van der Waals surface area contributed by atoms with Crippen LogP contribution >= 0.6 is 23.4 Å². The van der Waals surface area contributed by atoms with Gasteiger partial charge in [-0.05, 0) is 12.1 Å². The van der Waals surface area contributed by atoms with Crippen LogP contribution in [-0.4, -0.2) is 30.8 Å². The molecule has 7 heteroatoms. The van der Waals surface area contributed by atoms with E-state index in [0.717, 1.165) is 5.56 Å². The monoisotopic (exact) mass is 294 g/mol. The van der Waals surface area contributed by atoms with Crippen LogP contribution in [0.2, 0.25) is 5.15 Å². The molecule has 0 atom stereocenters. The lowest BCUT2D eigenvalue weighted by molar-refractivity contribution is -0.109. The fourth-order valence-corrected chi connectivity index (χ4v) is 1.86. The van der Waals surface area contributed by atoms with Gasteiger partial charge in [-0.15, -0.1) is 10.2 Å². The van der Waals surface area contributed by atoms with Crippen molar-refractivity contribution >= 4 is 34.6 Å². The van der Waals surface area contributed by atoms with E-state index in [1.165, 1.54) is 11.8 Å². The fraction of sp³-hybridized carbons (Fsp3) is 0.167. The first-order valence-electron chi connectivity index (χ1n) is 5.49. The summed E-state index contributed by atoms with van der Waals surface area (Å²) in [4.78, 5) is 10.8. The number of hydrogen-bond donors (Lipinski definition) is 0. The minimum atomic E-state index is 0.108. The molecule has 0 aliphatic carbocycles. The Labute approximate surface area is 119 Å². The van der Waals surface area contributed by atoms with E-state index in [1.54, 1.807) is 29.9 Å². The van der Waals surface area contributed by atoms with Crippen molar-refractivity contribution in [2.45, 2.75) is 6.92 Å². The van der Waals surface area contributed by atoms with Gasteiger partial charge in [0.25, 0.3) is 0 Å². The minimum Gasteiger partial charge on any atom is -0.288 e. The van der Waals surface area contributed by atoms with Gasteiger partial charge in [0.15, 0.2) is 16.1 Å². The van der Waals surface area contributed by atoms with Crippen LogP contribution in [0.25, 0.3) is 11.9 Å². The number of thioether (sulfide) groups is 1. The Morgan fingerprint density at radius 3 is 3.00 bits per heavy atom. The highest BCUT2D eigenvalue weighted by Gasteiger charge is 2.01. The molecule has 2 rings (SSSR count). The van der Waals surface area contributed by atoms with Crippen LogP contribution in [0.15, 0.2) is 30.6 Å². The summed E-state index contributed by atoms with van der Waals surface area (Å²) < 4.78 is 1.61. The van der Waals surface area contributed by atoms with Crippen LogP contribution < -0.4 is 0 Å². The summed E-state index contributed by atoms with van der Waals surface area (Å²) in [7, 11) is 0. The Kier molecular flexibility index (Phi) is 4.70. The summed E-state index contributed by atoms with van der Waals surface area (Å²) in [5.41, 5.74) is 0.931. The molecule has 0 saturated carbocycles. The predicted molar refractivity (Wildman–Crippen MR) is 76.3 cm³/mol. The third-order valence-corrected chi connectivity index (χ3v) is 3.12. The van der Waals surface area contributed by atoms with Gasteiger partial charge in [0.05, 0.1) is 6.20 Å². The van der Waals surface area contributed by atoms with E-state index >= 15 is 0 Å². The first-order chi connectivity index (χ1) is 9.15. The summed E-state index contributed by atoms with van der Waals surface area (Å²) in [6.45, 7) is 1.55. The van der Waals surface area contributed by atoms with Crippen molar-refractivity contribution in [2.24, 2.45) is 0 Å². The van der Waals surface area contributed by atoms with Crippen molar-refractivity contribution in [1.82, 2.24) is 20.0 Å². The molecule has 0 fully saturated rings. The van der Waals surface area contributed by atoms with E-state index < -0.39 is 0 Å². The van der Waals surface area contributed by atoms with Crippen molar-refractivity contribution in [3.05, 3.63) is 41.3 Å². The first kappa shape index (κ1) is 13.8. The van der Waals surface area contributed by atoms with E-state index in [0.29, 0.717) is 16.7 Å². The Hall–Kier alpha value is -1.66. The largest absolute Gasteiger partial charge is 0.288 e. The molecule has 0 bridgehead atoms. The van der Waals surface area contributed by atoms with Crippen molar-refractivity contribution < 1.29 is 4.79 Å². The third kappa shape index (κ3) is 4.18. The second-order valence-corrected chi connectivity index (χ2v) is 5.22. The Morgan fingerprint density at radius 1 is 1.47 bits per heavy atom. The number of halogens is 1. The molecule has 0 N–H and O–H groups in total. The zero-order valence-electron chi connectivity index (χ0n) is 10.2. The lowest BCUT2D eigenvalue weighted by Gasteiger charge is -1.97. The quantitative estimate of drug-likeness (QED) is 0.867. The lowest BCUT2D eigenvalue weighted by Crippen LogP contribution is -1.98. The molecule has 19 heavy (non-hydrogen) atoms. The van der Waals surface area contributed by atoms with Gasteiger partial charge in [0.1, 0.15) is 0 Å². The fourth-order valence-electron chi connectivity index (χ4n) is 1.33. The van der Waals surface area contributed by atoms with Crippen molar-refractivity contribution in [3.8, 4) is 5.82 Å². The van der Waals surface area contributed by atoms with Crippen LogP contribution in [0.3, 0.4) is 0 Å². The zero-order chi connectivity index (χ0) is 13.7. The Balaban J connectivity index is 2.02. The first-order valence-corrected chi connectivity index (χ1v) is 6.85. The van der Waals surface area contributed by atoms with Crippen molar-refractivity contribution in [3.63, 3.8) is 0 Å². The molecule has 2 aromatic heterocycles. The third-order valence-electron chi connectivity index (χ3n) is 2.15. The van der Waals surface area contributed by atoms with Crippen LogP contribution in [0, 0.1) is 0 Å². The number of aromatic nitrogens is 4. The molecule has 5 nitrogen and oxygen atoms in total. The standard InChI is InChI=1S/C12H11ClN4OS/c1-9(18)19-6-2-3-10-7-14-17(8-10)12-5-4-11(13)15-16-12/h2-5,7-8H,6H2,1H3. The summed E-state index contributed by atoms with van der Waals surface area (Å²) in [6.07, 6.45) is 7.36. The molecule has 0 aliphatic rings. The molecule has 0 aliphatic heterocycles. The summed E-state index contributed by atoms with van der Waals surface area (Å²) >= 11 is 6.94. The van der Waals surface area contributed by atoms with Gasteiger partial charge in [-0.1, -0.05) is 35.5 Å². The molecular formula is C12H11ClN4OS. The van der Waals surface area contributed by atoms with Gasteiger partial charge in [0, 0.05) is 24.4 Å². The van der Waals surface area contributed by atoms with Crippen LogP contribution in [0.1, 0.15) is 12.5 Å². The number of hydrogen-bond acceptors (Lipinski definition) is 5. The van der Waals surface area contributed by atoms with E-state index in [9.17, 15) is 4.79 Å². The maximum Gasteiger partial charge on any atom is 0.186 e. The average molecular weight is 295 g/mol. The number of carbonyl (C=O) groups is 1. The SMILES string of the molecule is CC(=O)SCC=Cc1cnn(-c2ccc(Cl)nn2)c1. The molecule has 0 radical (unpaired) electrons. The maximum absolute atomic E-state index is 10.8. The molecule has 0 unspecified atom stereocenters. The van der Waals surface area contributed by atoms with Gasteiger partial charge in [-0.3, -0.25) is 4.79 Å². The molecule has 0 saturated heterocycles. The second kappa shape index (κ2) is 6.49. The molecule has 0 spiro atoms. The van der Waals surface area contributed by atoms with Crippen molar-refractivity contribution in [2.75, 3.05) is 5.75 Å². The van der Waals surface area contributed by atoms with Crippen LogP contribution in [0.4, 0.5) is 0 Å². The van der Waals surface area contributed by atoms with Gasteiger partial charge < -0.3 is 0 Å². The lowest BCUT2D eigenvalue weighted by atomic mass is 10.3. The summed E-state index contributed by atoms with van der Waals surface area (Å²) in [5, 5.41) is 12.3. The van der Waals surface area contributed by atoms with E-state index in [1.807, 2.05) is 18.3 Å². The predicted octanol–water partition coefficient (Wildman–Crippen LogP) is 2.61. The van der Waals surface area contributed by atoms with E-state index in [2.05, 4.69) is 15.3 Å². The van der Waals surface area contributed by atoms with Gasteiger partial charge in [0.2, 0.25) is 0 Å². The second-order valence-electron chi connectivity index (χ2n) is 3.64. The molecule has 98 valence electrons. The van der Waals surface area contributed by atoms with E-state index in [4.69, 9.17) is 11.6 Å². The van der Waals surface area contributed by atoms with E-state index in [-0.39, 0.29) is 5.12 Å². The molecule has 2 heterocycles. The summed E-state index contributed by atoms with van der Waals surface area (Å²) in [6, 6.07) is 3.39. The normalized spacial score (nSPS) is 11.1. The number of carbonyl (C=O) groups excluding carboxylic acids is 1. The maximum atomic E-state index is 10.8. The highest BCUT2D eigenvalue weighted by molar-refractivity contribution is 8.13. The highest BCUT2D eigenvalue weighted by Crippen LogP contribution is 2.09. The van der Waals surface area contributed by atoms with Crippen molar-refractivity contribution in [1.29, 1.82) is 0 Å². The van der Waals surface area contributed by atoms with Crippen LogP contribution in [0.5, 0.6) is 0 Å². The van der Waals surface area contributed by atoms with Crippen LogP contribution in [-0.2, 0) is 4.79 Å². The summed E-state index contributed by atoms with van der Waals surface area (Å²) in [5.74, 6) is 1.25. The minimum absolute atomic E-state index is 0.108. The molecule has 0 amide bonds. The highest BCUT2D eigenvalue weighted by atomic mass is 35.5. The molecular weight excluding hydrogens is 284 g/mol. The van der Waals surface area contributed by atoms with Gasteiger partial charge >= 0.3 is 0 Å². The Bertz CT molecular complexity index is 594. The molecule has 2 aromatic rings. The average Bonchev–Trinajstić information content (AvgIpc) is 2.84. The molecule has 0 aromatic carbocycles. The number of nitrogens with zero attached hydrogens (tertiary/aromatic N) is 4. The Morgan fingerprint density at radius 2 is 2.32 bits per heavy atom. The number of rotatable bonds is 4. The van der Waals surface area contributed by atoms with Gasteiger partial charge in [-0.25, -0.2) is 4.68 Å². The zero-order valence-corrected chi connectivity index (χ0v) is 11.7.